The van der Waals surface area contributed by atoms with Crippen molar-refractivity contribution in [2.24, 2.45) is 5.92 Å². The number of ether oxygens (including phenoxy) is 1. The molecule has 0 atom stereocenters. The van der Waals surface area contributed by atoms with Crippen LogP contribution in [0.3, 0.4) is 0 Å². The van der Waals surface area contributed by atoms with Crippen LogP contribution in [0.25, 0.3) is 0 Å². The Morgan fingerprint density at radius 1 is 1.10 bits per heavy atom. The monoisotopic (exact) mass is 460 g/mol. The minimum absolute atomic E-state index is 0.00448. The molecule has 0 heterocycles. The van der Waals surface area contributed by atoms with Crippen LogP contribution in [0.5, 0.6) is 5.75 Å². The summed E-state index contributed by atoms with van der Waals surface area (Å²) in [5.41, 5.74) is 6.63. The Kier molecular flexibility index (Phi) is 7.43. The number of anilines is 1. The van der Waals surface area contributed by atoms with Crippen LogP contribution in [-0.2, 0) is 9.59 Å². The lowest BCUT2D eigenvalue weighted by atomic mass is 10.2. The normalized spacial score (nSPS) is 12.5. The maximum absolute atomic E-state index is 12.2. The summed E-state index contributed by atoms with van der Waals surface area (Å²) in [7, 11) is 0. The molecule has 1 aliphatic rings. The number of aryl methyl sites for hydroxylation is 1. The highest BCUT2D eigenvalue weighted by atomic mass is 35.5. The largest absolute Gasteiger partial charge is 0.483 e. The van der Waals surface area contributed by atoms with E-state index in [0.29, 0.717) is 22.0 Å². The standard InChI is InChI=1S/C21H21ClN4O4S/c1-12-10-15(22)6-9-17(12)30-11-18(27)24-21(31)26-25-20(29)14-4-7-16(8-5-14)23-19(28)13-2-3-13/h4-10,13H,2-3,11H2,1H3,(H,23,28)(H,25,29)(H2,24,26,27,31). The van der Waals surface area contributed by atoms with Crippen LogP contribution in [0.15, 0.2) is 42.5 Å². The summed E-state index contributed by atoms with van der Waals surface area (Å²) in [5.74, 6) is -0.316. The van der Waals surface area contributed by atoms with Crippen molar-refractivity contribution in [3.05, 3.63) is 58.6 Å². The molecule has 0 aliphatic heterocycles. The van der Waals surface area contributed by atoms with Crippen molar-refractivity contribution >= 4 is 52.3 Å². The molecular weight excluding hydrogens is 440 g/mol. The lowest BCUT2D eigenvalue weighted by Crippen LogP contribution is -2.49. The van der Waals surface area contributed by atoms with Crippen LogP contribution < -0.4 is 26.2 Å². The van der Waals surface area contributed by atoms with Crippen molar-refractivity contribution in [2.45, 2.75) is 19.8 Å². The number of hydrogen-bond donors (Lipinski definition) is 4. The van der Waals surface area contributed by atoms with E-state index in [-0.39, 0.29) is 23.5 Å². The highest BCUT2D eigenvalue weighted by molar-refractivity contribution is 7.80. The Hall–Kier alpha value is -3.17. The van der Waals surface area contributed by atoms with Gasteiger partial charge in [-0.2, -0.15) is 0 Å². The molecule has 0 spiro atoms. The van der Waals surface area contributed by atoms with Gasteiger partial charge in [0.25, 0.3) is 11.8 Å². The van der Waals surface area contributed by atoms with Crippen LogP contribution in [-0.4, -0.2) is 29.4 Å². The predicted molar refractivity (Wildman–Crippen MR) is 121 cm³/mol. The fourth-order valence-electron chi connectivity index (χ4n) is 2.59. The van der Waals surface area contributed by atoms with E-state index in [0.717, 1.165) is 18.4 Å². The third kappa shape index (κ3) is 6.94. The van der Waals surface area contributed by atoms with E-state index in [2.05, 4.69) is 21.5 Å². The van der Waals surface area contributed by atoms with Gasteiger partial charge in [0.05, 0.1) is 0 Å². The third-order valence-corrected chi connectivity index (χ3v) is 4.84. The molecule has 10 heteroatoms. The average Bonchev–Trinajstić information content (AvgIpc) is 3.57. The number of benzene rings is 2. The Labute approximate surface area is 189 Å². The molecule has 0 aromatic heterocycles. The number of carbonyl (C=O) groups excluding carboxylic acids is 3. The summed E-state index contributed by atoms with van der Waals surface area (Å²) < 4.78 is 5.43. The number of carbonyl (C=O) groups is 3. The minimum Gasteiger partial charge on any atom is -0.483 e. The molecule has 31 heavy (non-hydrogen) atoms. The molecule has 3 rings (SSSR count). The van der Waals surface area contributed by atoms with E-state index in [1.54, 1.807) is 42.5 Å². The molecule has 162 valence electrons. The predicted octanol–water partition coefficient (Wildman–Crippen LogP) is 2.71. The Morgan fingerprint density at radius 2 is 1.81 bits per heavy atom. The second-order valence-electron chi connectivity index (χ2n) is 7.00. The highest BCUT2D eigenvalue weighted by Gasteiger charge is 2.29. The number of nitrogens with one attached hydrogen (secondary N) is 4. The summed E-state index contributed by atoms with van der Waals surface area (Å²) in [6, 6.07) is 11.5. The van der Waals surface area contributed by atoms with Crippen molar-refractivity contribution in [3.8, 4) is 5.75 Å². The van der Waals surface area contributed by atoms with E-state index in [9.17, 15) is 14.4 Å². The first-order valence-corrected chi connectivity index (χ1v) is 10.3. The first kappa shape index (κ1) is 22.5. The number of hydrogen-bond acceptors (Lipinski definition) is 5. The summed E-state index contributed by atoms with van der Waals surface area (Å²) >= 11 is 10.9. The fraction of sp³-hybridized carbons (Fsp3) is 0.238. The van der Waals surface area contributed by atoms with E-state index in [1.165, 1.54) is 0 Å². The van der Waals surface area contributed by atoms with Crippen LogP contribution >= 0.6 is 23.8 Å². The lowest BCUT2D eigenvalue weighted by Gasteiger charge is -2.12. The van der Waals surface area contributed by atoms with Gasteiger partial charge in [0.15, 0.2) is 11.7 Å². The van der Waals surface area contributed by atoms with Crippen LogP contribution in [0.2, 0.25) is 5.02 Å². The summed E-state index contributed by atoms with van der Waals surface area (Å²) in [4.78, 5) is 35.9. The van der Waals surface area contributed by atoms with Crippen LogP contribution in [0.1, 0.15) is 28.8 Å². The Morgan fingerprint density at radius 3 is 2.45 bits per heavy atom. The number of amides is 3. The zero-order valence-corrected chi connectivity index (χ0v) is 18.2. The molecule has 0 bridgehead atoms. The smallest absolute Gasteiger partial charge is 0.269 e. The third-order valence-electron chi connectivity index (χ3n) is 4.40. The molecule has 1 aliphatic carbocycles. The quantitative estimate of drug-likeness (QED) is 0.390. The number of hydrazine groups is 1. The van der Waals surface area contributed by atoms with Gasteiger partial charge in [-0.3, -0.25) is 30.6 Å². The number of halogens is 1. The summed E-state index contributed by atoms with van der Waals surface area (Å²) in [6.07, 6.45) is 1.84. The Balaban J connectivity index is 1.39. The van der Waals surface area contributed by atoms with Gasteiger partial charge in [-0.15, -0.1) is 0 Å². The summed E-state index contributed by atoms with van der Waals surface area (Å²) in [5, 5.41) is 5.70. The molecule has 0 unspecified atom stereocenters. The van der Waals surface area contributed by atoms with Crippen LogP contribution in [0, 0.1) is 12.8 Å². The van der Waals surface area contributed by atoms with Crippen LogP contribution in [0.4, 0.5) is 5.69 Å². The maximum atomic E-state index is 12.2. The van der Waals surface area contributed by atoms with Crippen molar-refractivity contribution < 1.29 is 19.1 Å². The van der Waals surface area contributed by atoms with Crippen molar-refractivity contribution in [2.75, 3.05) is 11.9 Å². The van der Waals surface area contributed by atoms with Gasteiger partial charge in [0.2, 0.25) is 5.91 Å². The number of thiocarbonyl (C=S) groups is 1. The van der Waals surface area contributed by atoms with Gasteiger partial charge in [0, 0.05) is 22.2 Å². The van der Waals surface area contributed by atoms with Gasteiger partial charge in [-0.1, -0.05) is 11.6 Å². The topological polar surface area (TPSA) is 109 Å². The molecular formula is C21H21ClN4O4S. The summed E-state index contributed by atoms with van der Waals surface area (Å²) in [6.45, 7) is 1.56. The molecule has 0 saturated heterocycles. The first-order valence-electron chi connectivity index (χ1n) is 9.52. The fourth-order valence-corrected chi connectivity index (χ4v) is 2.98. The van der Waals surface area contributed by atoms with Crippen molar-refractivity contribution in [1.82, 2.24) is 16.2 Å². The molecule has 2 aromatic carbocycles. The van der Waals surface area contributed by atoms with Gasteiger partial charge in [-0.25, -0.2) is 0 Å². The van der Waals surface area contributed by atoms with Gasteiger partial charge >= 0.3 is 0 Å². The maximum Gasteiger partial charge on any atom is 0.269 e. The Bertz CT molecular complexity index is 1010. The zero-order chi connectivity index (χ0) is 22.4. The zero-order valence-electron chi connectivity index (χ0n) is 16.7. The van der Waals surface area contributed by atoms with E-state index in [1.807, 2.05) is 6.92 Å². The highest BCUT2D eigenvalue weighted by Crippen LogP contribution is 2.30. The number of rotatable bonds is 6. The van der Waals surface area contributed by atoms with E-state index < -0.39 is 11.8 Å². The molecule has 1 fully saturated rings. The van der Waals surface area contributed by atoms with Crippen molar-refractivity contribution in [1.29, 1.82) is 0 Å². The van der Waals surface area contributed by atoms with Gasteiger partial charge in [-0.05, 0) is 80.0 Å². The molecule has 4 N–H and O–H groups in total. The van der Waals surface area contributed by atoms with Gasteiger partial charge < -0.3 is 10.1 Å². The van der Waals surface area contributed by atoms with Gasteiger partial charge in [0.1, 0.15) is 5.75 Å². The average molecular weight is 461 g/mol. The molecule has 1 saturated carbocycles. The van der Waals surface area contributed by atoms with Crippen molar-refractivity contribution in [3.63, 3.8) is 0 Å². The SMILES string of the molecule is Cc1cc(Cl)ccc1OCC(=O)NC(=S)NNC(=O)c1ccc(NC(=O)C2CC2)cc1. The second kappa shape index (κ2) is 10.2. The lowest BCUT2D eigenvalue weighted by molar-refractivity contribution is -0.121. The first-order chi connectivity index (χ1) is 14.8. The molecule has 8 nitrogen and oxygen atoms in total. The minimum atomic E-state index is -0.489. The van der Waals surface area contributed by atoms with E-state index >= 15 is 0 Å². The molecule has 0 radical (unpaired) electrons. The van der Waals surface area contributed by atoms with E-state index in [4.69, 9.17) is 28.6 Å². The molecule has 2 aromatic rings. The molecule has 3 amide bonds. The second-order valence-corrected chi connectivity index (χ2v) is 7.84.